The first-order valence-electron chi connectivity index (χ1n) is 6.24. The van der Waals surface area contributed by atoms with Crippen molar-refractivity contribution in [2.45, 2.75) is 25.7 Å². The van der Waals surface area contributed by atoms with Gasteiger partial charge in [0.15, 0.2) is 0 Å². The van der Waals surface area contributed by atoms with Crippen LogP contribution in [0.3, 0.4) is 0 Å². The lowest BCUT2D eigenvalue weighted by molar-refractivity contribution is 0.306. The molecule has 1 fully saturated rings. The molecule has 94 valence electrons. The van der Waals surface area contributed by atoms with Gasteiger partial charge in [-0.3, -0.25) is 0 Å². The van der Waals surface area contributed by atoms with E-state index in [1.54, 1.807) is 0 Å². The van der Waals surface area contributed by atoms with Crippen molar-refractivity contribution >= 4 is 17.5 Å². The third kappa shape index (κ3) is 2.10. The molecule has 18 heavy (non-hydrogen) atoms. The molecule has 3 nitrogen and oxygen atoms in total. The van der Waals surface area contributed by atoms with E-state index in [0.717, 1.165) is 29.2 Å². The van der Waals surface area contributed by atoms with Crippen LogP contribution in [0.2, 0.25) is 5.02 Å². The van der Waals surface area contributed by atoms with Gasteiger partial charge in [-0.2, -0.15) is 0 Å². The van der Waals surface area contributed by atoms with E-state index in [4.69, 9.17) is 21.9 Å². The van der Waals surface area contributed by atoms with Crippen LogP contribution in [0.4, 0.5) is 5.88 Å². The molecule has 1 aromatic carbocycles. The lowest BCUT2D eigenvalue weighted by Crippen LogP contribution is -2.14. The average Bonchev–Trinajstić information content (AvgIpc) is 2.67. The summed E-state index contributed by atoms with van der Waals surface area (Å²) in [4.78, 5) is 0. The number of rotatable bonds is 3. The molecular formula is C14H15ClN2O. The van der Waals surface area contributed by atoms with Crippen molar-refractivity contribution in [3.63, 3.8) is 0 Å². The van der Waals surface area contributed by atoms with Crippen molar-refractivity contribution in [3.05, 3.63) is 35.0 Å². The molecule has 1 saturated carbocycles. The minimum atomic E-state index is 0.395. The van der Waals surface area contributed by atoms with Crippen LogP contribution in [0, 0.1) is 5.92 Å². The molecule has 2 N–H and O–H groups in total. The molecular weight excluding hydrogens is 248 g/mol. The van der Waals surface area contributed by atoms with Gasteiger partial charge >= 0.3 is 0 Å². The summed E-state index contributed by atoms with van der Waals surface area (Å²) in [6, 6.07) is 7.62. The second-order valence-corrected chi connectivity index (χ2v) is 5.31. The smallest absolute Gasteiger partial charge is 0.230 e. The fraction of sp³-hybridized carbons (Fsp3) is 0.357. The van der Waals surface area contributed by atoms with Crippen LogP contribution in [0.25, 0.3) is 11.1 Å². The Morgan fingerprint density at radius 3 is 2.61 bits per heavy atom. The largest absolute Gasteiger partial charge is 0.367 e. The standard InChI is InChI=1S/C14H15ClN2O/c15-11-6-4-10(5-7-11)13-12(17-18-14(13)16)8-9-2-1-3-9/h4-7,9H,1-3,8,16H2. The Morgan fingerprint density at radius 1 is 1.28 bits per heavy atom. The van der Waals surface area contributed by atoms with Gasteiger partial charge in [-0.05, 0) is 30.0 Å². The molecule has 0 amide bonds. The van der Waals surface area contributed by atoms with Crippen LogP contribution in [0.15, 0.2) is 28.8 Å². The molecule has 1 aliphatic carbocycles. The maximum atomic E-state index is 5.90. The summed E-state index contributed by atoms with van der Waals surface area (Å²) in [7, 11) is 0. The highest BCUT2D eigenvalue weighted by molar-refractivity contribution is 6.30. The van der Waals surface area contributed by atoms with Crippen LogP contribution in [-0.4, -0.2) is 5.16 Å². The summed E-state index contributed by atoms with van der Waals surface area (Å²) >= 11 is 5.90. The Bertz CT molecular complexity index is 543. The molecule has 0 atom stereocenters. The maximum absolute atomic E-state index is 5.90. The molecule has 4 heteroatoms. The van der Waals surface area contributed by atoms with E-state index >= 15 is 0 Å². The number of aromatic nitrogens is 1. The average molecular weight is 263 g/mol. The quantitative estimate of drug-likeness (QED) is 0.912. The first-order valence-corrected chi connectivity index (χ1v) is 6.62. The van der Waals surface area contributed by atoms with Crippen LogP contribution in [0.1, 0.15) is 25.0 Å². The highest BCUT2D eigenvalue weighted by atomic mass is 35.5. The van der Waals surface area contributed by atoms with Crippen molar-refractivity contribution in [1.82, 2.24) is 5.16 Å². The zero-order valence-electron chi connectivity index (χ0n) is 10.0. The van der Waals surface area contributed by atoms with Crippen molar-refractivity contribution in [3.8, 4) is 11.1 Å². The number of nitrogens with zero attached hydrogens (tertiary/aromatic N) is 1. The number of nitrogens with two attached hydrogens (primary N) is 1. The molecule has 0 unspecified atom stereocenters. The van der Waals surface area contributed by atoms with Crippen molar-refractivity contribution in [2.75, 3.05) is 5.73 Å². The molecule has 2 aromatic rings. The Balaban J connectivity index is 1.94. The van der Waals surface area contributed by atoms with Gasteiger partial charge in [0.1, 0.15) is 0 Å². The predicted molar refractivity (Wildman–Crippen MR) is 72.4 cm³/mol. The van der Waals surface area contributed by atoms with Gasteiger partial charge in [0.25, 0.3) is 0 Å². The van der Waals surface area contributed by atoms with Gasteiger partial charge < -0.3 is 10.3 Å². The summed E-state index contributed by atoms with van der Waals surface area (Å²) in [5.41, 5.74) is 8.81. The van der Waals surface area contributed by atoms with Gasteiger partial charge in [-0.15, -0.1) is 0 Å². The minimum absolute atomic E-state index is 0.395. The molecule has 1 heterocycles. The number of anilines is 1. The SMILES string of the molecule is Nc1onc(CC2CCC2)c1-c1ccc(Cl)cc1. The van der Waals surface area contributed by atoms with Crippen LogP contribution in [0.5, 0.6) is 0 Å². The Labute approximate surface area is 111 Å². The molecule has 0 radical (unpaired) electrons. The first kappa shape index (κ1) is 11.6. The lowest BCUT2D eigenvalue weighted by atomic mass is 9.81. The number of nitrogen functional groups attached to an aromatic ring is 1. The van der Waals surface area contributed by atoms with Gasteiger partial charge in [0.05, 0.1) is 11.3 Å². The fourth-order valence-electron chi connectivity index (χ4n) is 2.37. The Hall–Kier alpha value is -1.48. The Kier molecular flexibility index (Phi) is 3.00. The van der Waals surface area contributed by atoms with E-state index in [2.05, 4.69) is 5.16 Å². The van der Waals surface area contributed by atoms with Gasteiger partial charge in [0, 0.05) is 5.02 Å². The fourth-order valence-corrected chi connectivity index (χ4v) is 2.50. The zero-order chi connectivity index (χ0) is 12.5. The van der Waals surface area contributed by atoms with E-state index in [0.29, 0.717) is 10.9 Å². The van der Waals surface area contributed by atoms with E-state index in [9.17, 15) is 0 Å². The number of halogens is 1. The summed E-state index contributed by atoms with van der Waals surface area (Å²) in [6.07, 6.45) is 4.85. The molecule has 0 bridgehead atoms. The molecule has 0 aliphatic heterocycles. The molecule has 1 aliphatic rings. The molecule has 3 rings (SSSR count). The van der Waals surface area contributed by atoms with Crippen LogP contribution < -0.4 is 5.73 Å². The highest BCUT2D eigenvalue weighted by Crippen LogP contribution is 2.36. The Morgan fingerprint density at radius 2 is 2.00 bits per heavy atom. The van der Waals surface area contributed by atoms with Crippen molar-refractivity contribution in [2.24, 2.45) is 5.92 Å². The van der Waals surface area contributed by atoms with Gasteiger partial charge in [-0.25, -0.2) is 0 Å². The van der Waals surface area contributed by atoms with E-state index < -0.39 is 0 Å². The second-order valence-electron chi connectivity index (χ2n) is 4.88. The zero-order valence-corrected chi connectivity index (χ0v) is 10.8. The third-order valence-corrected chi connectivity index (χ3v) is 3.88. The maximum Gasteiger partial charge on any atom is 0.230 e. The second kappa shape index (κ2) is 4.65. The van der Waals surface area contributed by atoms with Gasteiger partial charge in [0.2, 0.25) is 5.88 Å². The molecule has 0 spiro atoms. The monoisotopic (exact) mass is 262 g/mol. The van der Waals surface area contributed by atoms with Crippen molar-refractivity contribution in [1.29, 1.82) is 0 Å². The summed E-state index contributed by atoms with van der Waals surface area (Å²) < 4.78 is 5.14. The van der Waals surface area contributed by atoms with Crippen molar-refractivity contribution < 1.29 is 4.52 Å². The summed E-state index contributed by atoms with van der Waals surface area (Å²) in [5, 5.41) is 4.82. The van der Waals surface area contributed by atoms with E-state index in [1.165, 1.54) is 19.3 Å². The lowest BCUT2D eigenvalue weighted by Gasteiger charge is -2.24. The summed E-state index contributed by atoms with van der Waals surface area (Å²) in [6.45, 7) is 0. The highest BCUT2D eigenvalue weighted by Gasteiger charge is 2.23. The van der Waals surface area contributed by atoms with E-state index in [-0.39, 0.29) is 0 Å². The molecule has 0 saturated heterocycles. The molecule has 1 aromatic heterocycles. The summed E-state index contributed by atoms with van der Waals surface area (Å²) in [5.74, 6) is 1.13. The minimum Gasteiger partial charge on any atom is -0.367 e. The number of benzene rings is 1. The normalized spacial score (nSPS) is 15.6. The third-order valence-electron chi connectivity index (χ3n) is 3.63. The topological polar surface area (TPSA) is 52.0 Å². The van der Waals surface area contributed by atoms with Crippen LogP contribution >= 0.6 is 11.6 Å². The van der Waals surface area contributed by atoms with E-state index in [1.807, 2.05) is 24.3 Å². The predicted octanol–water partition coefficient (Wildman–Crippen LogP) is 3.92. The number of hydrogen-bond acceptors (Lipinski definition) is 3. The van der Waals surface area contributed by atoms with Crippen LogP contribution in [-0.2, 0) is 6.42 Å². The first-order chi connectivity index (χ1) is 8.74. The van der Waals surface area contributed by atoms with Gasteiger partial charge in [-0.1, -0.05) is 48.2 Å². The number of hydrogen-bond donors (Lipinski definition) is 1.